The minimum atomic E-state index is 0. The lowest BCUT2D eigenvalue weighted by atomic mass is 10.0. The summed E-state index contributed by atoms with van der Waals surface area (Å²) in [7, 11) is 0. The topological polar surface area (TPSA) is 32.3 Å². The first kappa shape index (κ1) is 16.7. The predicted octanol–water partition coefficient (Wildman–Crippen LogP) is 3.43. The first-order chi connectivity index (χ1) is 7.54. The number of aliphatic hydroxyl groups excluding tert-OH is 1. The smallest absolute Gasteiger partial charge is 0.0587 e. The highest BCUT2D eigenvalue weighted by atomic mass is 35.5. The highest BCUT2D eigenvalue weighted by Crippen LogP contribution is 2.17. The van der Waals surface area contributed by atoms with Crippen LogP contribution in [0.15, 0.2) is 24.3 Å². The van der Waals surface area contributed by atoms with Crippen LogP contribution in [0.25, 0.3) is 0 Å². The van der Waals surface area contributed by atoms with Gasteiger partial charge in [-0.1, -0.05) is 37.6 Å². The summed E-state index contributed by atoms with van der Waals surface area (Å²) < 4.78 is 0. The maximum Gasteiger partial charge on any atom is 0.0587 e. The van der Waals surface area contributed by atoms with E-state index in [0.29, 0.717) is 5.92 Å². The molecule has 0 aliphatic carbocycles. The molecule has 2 nitrogen and oxygen atoms in total. The highest BCUT2D eigenvalue weighted by Gasteiger charge is 2.15. The molecule has 0 saturated heterocycles. The van der Waals surface area contributed by atoms with Crippen molar-refractivity contribution in [2.24, 2.45) is 5.92 Å². The first-order valence-electron chi connectivity index (χ1n) is 5.67. The van der Waals surface area contributed by atoms with Gasteiger partial charge in [-0.05, 0) is 30.5 Å². The fourth-order valence-corrected chi connectivity index (χ4v) is 1.75. The summed E-state index contributed by atoms with van der Waals surface area (Å²) in [6.45, 7) is 6.45. The zero-order valence-corrected chi connectivity index (χ0v) is 12.1. The minimum absolute atomic E-state index is 0. The van der Waals surface area contributed by atoms with E-state index in [9.17, 15) is 5.11 Å². The molecule has 17 heavy (non-hydrogen) atoms. The van der Waals surface area contributed by atoms with Crippen molar-refractivity contribution in [2.75, 3.05) is 6.61 Å². The summed E-state index contributed by atoms with van der Waals surface area (Å²) in [4.78, 5) is 0. The van der Waals surface area contributed by atoms with Crippen molar-refractivity contribution in [3.8, 4) is 0 Å². The summed E-state index contributed by atoms with van der Waals surface area (Å²) in [6, 6.07) is 8.14. The molecule has 1 aromatic rings. The molecule has 2 atom stereocenters. The van der Waals surface area contributed by atoms with E-state index in [1.54, 1.807) is 0 Å². The molecule has 2 unspecified atom stereocenters. The summed E-state index contributed by atoms with van der Waals surface area (Å²) in [5.74, 6) is 0.416. The molecular formula is C13H21Cl2NO. The molecule has 1 rings (SSSR count). The van der Waals surface area contributed by atoms with Gasteiger partial charge in [-0.2, -0.15) is 0 Å². The van der Waals surface area contributed by atoms with E-state index in [2.05, 4.69) is 26.1 Å². The average molecular weight is 278 g/mol. The second-order valence-corrected chi connectivity index (χ2v) is 4.91. The van der Waals surface area contributed by atoms with Crippen molar-refractivity contribution < 1.29 is 5.11 Å². The molecule has 0 fully saturated rings. The van der Waals surface area contributed by atoms with E-state index in [-0.39, 0.29) is 31.1 Å². The quantitative estimate of drug-likeness (QED) is 0.864. The predicted molar refractivity (Wildman–Crippen MR) is 76.0 cm³/mol. The van der Waals surface area contributed by atoms with E-state index < -0.39 is 0 Å². The molecule has 0 bridgehead atoms. The Morgan fingerprint density at radius 3 is 2.12 bits per heavy atom. The Kier molecular flexibility index (Phi) is 7.80. The monoisotopic (exact) mass is 277 g/mol. The Morgan fingerprint density at radius 2 is 1.71 bits per heavy atom. The van der Waals surface area contributed by atoms with Crippen molar-refractivity contribution in [3.63, 3.8) is 0 Å². The van der Waals surface area contributed by atoms with Gasteiger partial charge >= 0.3 is 0 Å². The van der Waals surface area contributed by atoms with Crippen LogP contribution in [0.1, 0.15) is 32.4 Å². The van der Waals surface area contributed by atoms with Crippen LogP contribution in [0.3, 0.4) is 0 Å². The van der Waals surface area contributed by atoms with Crippen molar-refractivity contribution in [2.45, 2.75) is 32.9 Å². The summed E-state index contributed by atoms with van der Waals surface area (Å²) in [5, 5.41) is 13.4. The Bertz CT molecular complexity index is 314. The van der Waals surface area contributed by atoms with Gasteiger partial charge in [0.2, 0.25) is 0 Å². The molecule has 0 aromatic heterocycles. The van der Waals surface area contributed by atoms with Crippen LogP contribution in [0.4, 0.5) is 0 Å². The fourth-order valence-electron chi connectivity index (χ4n) is 1.62. The molecule has 0 aliphatic heterocycles. The third kappa shape index (κ3) is 5.26. The number of benzene rings is 1. The Hall–Kier alpha value is -0.280. The fraction of sp³-hybridized carbons (Fsp3) is 0.538. The lowest BCUT2D eigenvalue weighted by molar-refractivity contribution is 0.201. The Labute approximate surface area is 115 Å². The van der Waals surface area contributed by atoms with Crippen molar-refractivity contribution in [1.29, 1.82) is 0 Å². The lowest BCUT2D eigenvalue weighted by Crippen LogP contribution is -2.38. The normalized spacial score (nSPS) is 14.2. The maximum atomic E-state index is 9.25. The number of nitrogens with one attached hydrogen (secondary N) is 1. The number of halogens is 2. The van der Waals surface area contributed by atoms with Gasteiger partial charge in [-0.3, -0.25) is 0 Å². The second kappa shape index (κ2) is 7.93. The van der Waals surface area contributed by atoms with Crippen LogP contribution in [0.2, 0.25) is 5.02 Å². The minimum Gasteiger partial charge on any atom is -0.395 e. The van der Waals surface area contributed by atoms with Crippen LogP contribution in [0.5, 0.6) is 0 Å². The van der Waals surface area contributed by atoms with Crippen LogP contribution in [0, 0.1) is 5.92 Å². The molecule has 0 saturated carbocycles. The van der Waals surface area contributed by atoms with Gasteiger partial charge in [0.05, 0.1) is 6.61 Å². The number of hydrogen-bond donors (Lipinski definition) is 2. The third-order valence-electron chi connectivity index (χ3n) is 2.84. The summed E-state index contributed by atoms with van der Waals surface area (Å²) in [5.41, 5.74) is 1.18. The summed E-state index contributed by atoms with van der Waals surface area (Å²) >= 11 is 5.84. The Balaban J connectivity index is 0.00000256. The maximum absolute atomic E-state index is 9.25. The zero-order chi connectivity index (χ0) is 12.1. The standard InChI is InChI=1S/C13H20ClNO.ClH/c1-9(2)13(8-16)15-10(3)11-4-6-12(14)7-5-11;/h4-7,9-10,13,15-16H,8H2,1-3H3;1H. The van der Waals surface area contributed by atoms with Crippen molar-refractivity contribution in [3.05, 3.63) is 34.9 Å². The highest BCUT2D eigenvalue weighted by molar-refractivity contribution is 6.30. The number of hydrogen-bond acceptors (Lipinski definition) is 2. The average Bonchev–Trinajstić information content (AvgIpc) is 2.26. The van der Waals surface area contributed by atoms with Gasteiger partial charge < -0.3 is 10.4 Å². The van der Waals surface area contributed by atoms with Crippen LogP contribution in [-0.4, -0.2) is 17.8 Å². The van der Waals surface area contributed by atoms with Gasteiger partial charge in [-0.25, -0.2) is 0 Å². The van der Waals surface area contributed by atoms with E-state index in [1.165, 1.54) is 5.56 Å². The molecule has 4 heteroatoms. The second-order valence-electron chi connectivity index (χ2n) is 4.47. The van der Waals surface area contributed by atoms with Gasteiger partial charge in [0.15, 0.2) is 0 Å². The van der Waals surface area contributed by atoms with Crippen LogP contribution >= 0.6 is 24.0 Å². The van der Waals surface area contributed by atoms with Crippen molar-refractivity contribution >= 4 is 24.0 Å². The molecule has 0 heterocycles. The van der Waals surface area contributed by atoms with E-state index in [4.69, 9.17) is 11.6 Å². The van der Waals surface area contributed by atoms with Gasteiger partial charge in [0.1, 0.15) is 0 Å². The third-order valence-corrected chi connectivity index (χ3v) is 3.09. The molecule has 0 spiro atoms. The van der Waals surface area contributed by atoms with Gasteiger partial charge in [0, 0.05) is 17.1 Å². The summed E-state index contributed by atoms with van der Waals surface area (Å²) in [6.07, 6.45) is 0. The molecule has 0 radical (unpaired) electrons. The first-order valence-corrected chi connectivity index (χ1v) is 6.04. The van der Waals surface area contributed by atoms with E-state index in [0.717, 1.165) is 5.02 Å². The van der Waals surface area contributed by atoms with Crippen LogP contribution < -0.4 is 5.32 Å². The number of aliphatic hydroxyl groups is 1. The lowest BCUT2D eigenvalue weighted by Gasteiger charge is -2.25. The largest absolute Gasteiger partial charge is 0.395 e. The van der Waals surface area contributed by atoms with Crippen molar-refractivity contribution in [1.82, 2.24) is 5.32 Å². The SMILES string of the molecule is CC(NC(CO)C(C)C)c1ccc(Cl)cc1.Cl. The van der Waals surface area contributed by atoms with Crippen LogP contribution in [-0.2, 0) is 0 Å². The van der Waals surface area contributed by atoms with Gasteiger partial charge in [0.25, 0.3) is 0 Å². The van der Waals surface area contributed by atoms with E-state index >= 15 is 0 Å². The zero-order valence-electron chi connectivity index (χ0n) is 10.5. The Morgan fingerprint density at radius 1 is 1.18 bits per heavy atom. The molecule has 2 N–H and O–H groups in total. The van der Waals surface area contributed by atoms with Gasteiger partial charge in [-0.15, -0.1) is 12.4 Å². The number of rotatable bonds is 5. The molecule has 1 aromatic carbocycles. The molecule has 0 amide bonds. The van der Waals surface area contributed by atoms with E-state index in [1.807, 2.05) is 24.3 Å². The molecular weight excluding hydrogens is 257 g/mol. The molecule has 98 valence electrons. The molecule has 0 aliphatic rings.